The van der Waals surface area contributed by atoms with Gasteiger partial charge in [-0.25, -0.2) is 9.37 Å². The largest absolute Gasteiger partial charge is 0.356 e. The molecule has 0 spiro atoms. The molecule has 5 nitrogen and oxygen atoms in total. The van der Waals surface area contributed by atoms with Crippen LogP contribution in [0.3, 0.4) is 0 Å². The highest BCUT2D eigenvalue weighted by molar-refractivity contribution is 14.0. The molecule has 0 saturated heterocycles. The fourth-order valence-corrected chi connectivity index (χ4v) is 2.75. The highest BCUT2D eigenvalue weighted by atomic mass is 127. The molecule has 0 amide bonds. The smallest absolute Gasteiger partial charge is 0.191 e. The second kappa shape index (κ2) is 10.4. The maximum atomic E-state index is 13.1. The number of anilines is 1. The maximum Gasteiger partial charge on any atom is 0.191 e. The molecular formula is C16H23FIN5S. The summed E-state index contributed by atoms with van der Waals surface area (Å²) in [4.78, 5) is 10.7. The number of hydrogen-bond acceptors (Lipinski definition) is 4. The zero-order valence-electron chi connectivity index (χ0n) is 14.0. The summed E-state index contributed by atoms with van der Waals surface area (Å²) in [6.07, 6.45) is 0.736. The van der Waals surface area contributed by atoms with Crippen molar-refractivity contribution in [3.63, 3.8) is 0 Å². The average Bonchev–Trinajstić information content (AvgIpc) is 3.00. The Morgan fingerprint density at radius 3 is 2.75 bits per heavy atom. The molecule has 0 aliphatic rings. The van der Waals surface area contributed by atoms with Gasteiger partial charge in [0.2, 0.25) is 0 Å². The molecule has 1 heterocycles. The lowest BCUT2D eigenvalue weighted by molar-refractivity contribution is 0.625. The highest BCUT2D eigenvalue weighted by Gasteiger charge is 2.04. The van der Waals surface area contributed by atoms with Crippen LogP contribution in [0.2, 0.25) is 0 Å². The Bertz CT molecular complexity index is 659. The Kier molecular flexibility index (Phi) is 8.98. The van der Waals surface area contributed by atoms with E-state index in [1.165, 1.54) is 6.07 Å². The topological polar surface area (TPSA) is 52.6 Å². The van der Waals surface area contributed by atoms with Gasteiger partial charge in [-0.1, -0.05) is 12.1 Å². The van der Waals surface area contributed by atoms with Crippen molar-refractivity contribution in [2.45, 2.75) is 13.0 Å². The van der Waals surface area contributed by atoms with E-state index in [2.05, 4.69) is 20.6 Å². The zero-order chi connectivity index (χ0) is 16.7. The summed E-state index contributed by atoms with van der Waals surface area (Å²) in [5, 5.41) is 9.46. The number of thiazole rings is 1. The number of nitrogens with one attached hydrogen (secondary N) is 2. The Morgan fingerprint density at radius 2 is 2.12 bits per heavy atom. The van der Waals surface area contributed by atoms with Crippen molar-refractivity contribution < 1.29 is 4.39 Å². The predicted octanol–water partition coefficient (Wildman–Crippen LogP) is 2.87. The van der Waals surface area contributed by atoms with E-state index in [0.29, 0.717) is 19.0 Å². The Balaban J connectivity index is 0.00000288. The Hall–Kier alpha value is -1.42. The van der Waals surface area contributed by atoms with Crippen LogP contribution in [0.25, 0.3) is 0 Å². The quantitative estimate of drug-likeness (QED) is 0.393. The lowest BCUT2D eigenvalue weighted by Gasteiger charge is -2.11. The van der Waals surface area contributed by atoms with Gasteiger partial charge in [0.05, 0.1) is 12.2 Å². The third-order valence-corrected chi connectivity index (χ3v) is 4.24. The first-order valence-corrected chi connectivity index (χ1v) is 8.27. The molecule has 0 atom stereocenters. The molecule has 2 aromatic rings. The zero-order valence-corrected chi connectivity index (χ0v) is 17.2. The number of nitrogens with zero attached hydrogens (tertiary/aromatic N) is 3. The van der Waals surface area contributed by atoms with Crippen molar-refractivity contribution in [3.8, 4) is 0 Å². The van der Waals surface area contributed by atoms with E-state index < -0.39 is 0 Å². The maximum absolute atomic E-state index is 13.1. The fourth-order valence-electron chi connectivity index (χ4n) is 2.00. The number of rotatable bonds is 6. The fraction of sp³-hybridized carbons (Fsp3) is 0.375. The van der Waals surface area contributed by atoms with Crippen LogP contribution >= 0.6 is 35.3 Å². The van der Waals surface area contributed by atoms with E-state index in [9.17, 15) is 4.39 Å². The van der Waals surface area contributed by atoms with Crippen molar-refractivity contribution in [1.29, 1.82) is 0 Å². The lowest BCUT2D eigenvalue weighted by atomic mass is 10.1. The summed E-state index contributed by atoms with van der Waals surface area (Å²) < 4.78 is 13.1. The van der Waals surface area contributed by atoms with Gasteiger partial charge in [-0.05, 0) is 24.1 Å². The molecule has 0 aliphatic heterocycles. The number of hydrogen-bond donors (Lipinski definition) is 2. The van der Waals surface area contributed by atoms with E-state index in [4.69, 9.17) is 0 Å². The van der Waals surface area contributed by atoms with Crippen molar-refractivity contribution in [2.75, 3.05) is 32.6 Å². The minimum Gasteiger partial charge on any atom is -0.356 e. The molecule has 24 heavy (non-hydrogen) atoms. The summed E-state index contributed by atoms with van der Waals surface area (Å²) >= 11 is 1.61. The molecule has 0 radical (unpaired) electrons. The Morgan fingerprint density at radius 1 is 1.33 bits per heavy atom. The highest BCUT2D eigenvalue weighted by Crippen LogP contribution is 2.17. The van der Waals surface area contributed by atoms with E-state index in [1.807, 2.05) is 30.4 Å². The number of halogens is 2. The summed E-state index contributed by atoms with van der Waals surface area (Å²) in [7, 11) is 5.68. The van der Waals surface area contributed by atoms with Gasteiger partial charge in [0.15, 0.2) is 11.1 Å². The molecule has 8 heteroatoms. The monoisotopic (exact) mass is 463 g/mol. The van der Waals surface area contributed by atoms with E-state index in [0.717, 1.165) is 22.8 Å². The molecule has 1 aromatic heterocycles. The van der Waals surface area contributed by atoms with Gasteiger partial charge >= 0.3 is 0 Å². The molecule has 0 aliphatic carbocycles. The molecule has 132 valence electrons. The third kappa shape index (κ3) is 6.60. The standard InChI is InChI=1S/C16H22FN5S.HI/c1-18-15(19-8-7-12-5-4-6-13(17)9-12)20-10-14-11-23-16(21-14)22(2)3;/h4-6,9,11H,7-8,10H2,1-3H3,(H2,18,19,20);1H. The van der Waals surface area contributed by atoms with Crippen LogP contribution in [-0.4, -0.2) is 38.6 Å². The molecule has 0 saturated carbocycles. The second-order valence-corrected chi connectivity index (χ2v) is 6.08. The SMILES string of the molecule is CN=C(NCCc1cccc(F)c1)NCc1csc(N(C)C)n1.I. The second-order valence-electron chi connectivity index (χ2n) is 5.25. The molecule has 0 fully saturated rings. The van der Waals surface area contributed by atoms with Crippen LogP contribution in [-0.2, 0) is 13.0 Å². The van der Waals surface area contributed by atoms with Crippen molar-refractivity contribution in [3.05, 3.63) is 46.7 Å². The first-order valence-electron chi connectivity index (χ1n) is 7.39. The van der Waals surface area contributed by atoms with Crippen molar-refractivity contribution >= 4 is 46.4 Å². The lowest BCUT2D eigenvalue weighted by Crippen LogP contribution is -2.37. The summed E-state index contributed by atoms with van der Waals surface area (Å²) in [5.74, 6) is 0.506. The van der Waals surface area contributed by atoms with Gasteiger partial charge in [0.1, 0.15) is 5.82 Å². The van der Waals surface area contributed by atoms with Gasteiger partial charge < -0.3 is 15.5 Å². The molecule has 2 rings (SSSR count). The molecule has 0 bridgehead atoms. The first-order chi connectivity index (χ1) is 11.1. The van der Waals surface area contributed by atoms with Crippen LogP contribution < -0.4 is 15.5 Å². The van der Waals surface area contributed by atoms with Gasteiger partial charge in [-0.15, -0.1) is 35.3 Å². The van der Waals surface area contributed by atoms with E-state index in [1.54, 1.807) is 30.5 Å². The predicted molar refractivity (Wildman–Crippen MR) is 110 cm³/mol. The van der Waals surface area contributed by atoms with Gasteiger partial charge in [0.25, 0.3) is 0 Å². The molecule has 0 unspecified atom stereocenters. The normalized spacial score (nSPS) is 10.9. The minimum atomic E-state index is -0.203. The molecule has 2 N–H and O–H groups in total. The average molecular weight is 463 g/mol. The van der Waals surface area contributed by atoms with Crippen molar-refractivity contribution in [2.24, 2.45) is 4.99 Å². The van der Waals surface area contributed by atoms with Crippen LogP contribution in [0.4, 0.5) is 9.52 Å². The number of aromatic nitrogens is 1. The summed E-state index contributed by atoms with van der Waals surface area (Å²) in [5.41, 5.74) is 1.94. The summed E-state index contributed by atoms with van der Waals surface area (Å²) in [6, 6.07) is 6.64. The number of guanidine groups is 1. The number of aliphatic imine (C=N–C) groups is 1. The molecule has 1 aromatic carbocycles. The first kappa shape index (κ1) is 20.6. The van der Waals surface area contributed by atoms with Gasteiger partial charge in [-0.3, -0.25) is 4.99 Å². The van der Waals surface area contributed by atoms with Crippen LogP contribution in [0.5, 0.6) is 0 Å². The van der Waals surface area contributed by atoms with Crippen LogP contribution in [0, 0.1) is 5.82 Å². The van der Waals surface area contributed by atoms with Crippen LogP contribution in [0.1, 0.15) is 11.3 Å². The van der Waals surface area contributed by atoms with Gasteiger partial charge in [0, 0.05) is 33.1 Å². The van der Waals surface area contributed by atoms with E-state index >= 15 is 0 Å². The molecular weight excluding hydrogens is 440 g/mol. The Labute approximate surface area is 163 Å². The third-order valence-electron chi connectivity index (χ3n) is 3.18. The number of benzene rings is 1. The van der Waals surface area contributed by atoms with Gasteiger partial charge in [-0.2, -0.15) is 0 Å². The van der Waals surface area contributed by atoms with E-state index in [-0.39, 0.29) is 29.8 Å². The minimum absolute atomic E-state index is 0. The summed E-state index contributed by atoms with van der Waals surface area (Å²) in [6.45, 7) is 1.30. The van der Waals surface area contributed by atoms with Crippen LogP contribution in [0.15, 0.2) is 34.6 Å². The van der Waals surface area contributed by atoms with Crippen molar-refractivity contribution in [1.82, 2.24) is 15.6 Å².